The van der Waals surface area contributed by atoms with Crippen molar-refractivity contribution < 1.29 is 9.66 Å². The number of aryl methyl sites for hydroxylation is 3. The first kappa shape index (κ1) is 26.6. The van der Waals surface area contributed by atoms with Crippen molar-refractivity contribution in [2.24, 2.45) is 14.1 Å². The van der Waals surface area contributed by atoms with Crippen molar-refractivity contribution in [2.75, 3.05) is 45.0 Å². The number of nitrogens with zero attached hydrogens (tertiary/aromatic N) is 6. The van der Waals surface area contributed by atoms with Crippen LogP contribution < -0.4 is 11.2 Å². The van der Waals surface area contributed by atoms with Gasteiger partial charge in [0.15, 0.2) is 16.1 Å². The Morgan fingerprint density at radius 3 is 2.39 bits per heavy atom. The summed E-state index contributed by atoms with van der Waals surface area (Å²) in [7, 11) is 3.29. The maximum Gasteiger partial charge on any atom is 0.332 e. The van der Waals surface area contributed by atoms with Crippen molar-refractivity contribution in [1.29, 1.82) is 0 Å². The molecule has 1 fully saturated rings. The Bertz CT molecular complexity index is 1280. The molecule has 1 saturated heterocycles. The Hall–Kier alpha value is -2.44. The van der Waals surface area contributed by atoms with Crippen molar-refractivity contribution in [3.63, 3.8) is 0 Å². The number of rotatable bonds is 10. The molecule has 0 aliphatic carbocycles. The molecule has 0 spiro atoms. The van der Waals surface area contributed by atoms with E-state index in [0.717, 1.165) is 55.0 Å². The molecule has 0 bridgehead atoms. The lowest BCUT2D eigenvalue weighted by molar-refractivity contribution is 0.0632. The summed E-state index contributed by atoms with van der Waals surface area (Å²) < 4.78 is 16.6. The first-order chi connectivity index (χ1) is 17.3. The maximum atomic E-state index is 12.9. The van der Waals surface area contributed by atoms with E-state index in [9.17, 15) is 19.2 Å². The number of piperazine rings is 1. The highest BCUT2D eigenvalue weighted by Crippen LogP contribution is 2.14. The minimum absolute atomic E-state index is 0.0576. The highest BCUT2D eigenvalue weighted by molar-refractivity contribution is 7.91. The van der Waals surface area contributed by atoms with Gasteiger partial charge in [-0.2, -0.15) is 0 Å². The van der Waals surface area contributed by atoms with Gasteiger partial charge in [-0.25, -0.2) is 9.78 Å². The quantitative estimate of drug-likeness (QED) is 0.383. The molecule has 11 heteroatoms. The number of β-amino-alcohol motifs (C(OH)–C–C–N with tert-alkyl or cyclic N) is 1. The van der Waals surface area contributed by atoms with Gasteiger partial charge in [-0.05, 0) is 35.3 Å². The van der Waals surface area contributed by atoms with Gasteiger partial charge in [0.2, 0.25) is 0 Å². The lowest BCUT2D eigenvalue weighted by atomic mass is 10.2. The SMILES string of the molecule is CCc1ccc([S+]([O-])CCCN2CCN(CC(O)Cn3c(=O)c4c(ncn4C)n(C)c3=O)CC2)cc1. The average molecular weight is 517 g/mol. The van der Waals surface area contributed by atoms with E-state index >= 15 is 0 Å². The molecule has 0 radical (unpaired) electrons. The van der Waals surface area contributed by atoms with Gasteiger partial charge >= 0.3 is 5.69 Å². The van der Waals surface area contributed by atoms with Crippen LogP contribution in [0.2, 0.25) is 0 Å². The molecule has 2 unspecified atom stereocenters. The average Bonchev–Trinajstić information content (AvgIpc) is 3.28. The number of aliphatic hydroxyl groups excluding tert-OH is 1. The number of hydrogen-bond donors (Lipinski definition) is 1. The summed E-state index contributed by atoms with van der Waals surface area (Å²) >= 11 is -0.977. The topological polar surface area (TPSA) is 112 Å². The predicted molar refractivity (Wildman–Crippen MR) is 141 cm³/mol. The molecule has 0 saturated carbocycles. The molecular weight excluding hydrogens is 480 g/mol. The maximum absolute atomic E-state index is 12.9. The van der Waals surface area contributed by atoms with Gasteiger partial charge in [0, 0.05) is 59.8 Å². The molecule has 3 aromatic rings. The molecule has 196 valence electrons. The van der Waals surface area contributed by atoms with Crippen LogP contribution in [0, 0.1) is 0 Å². The molecule has 3 heterocycles. The summed E-state index contributed by atoms with van der Waals surface area (Å²) in [5.74, 6) is 0.648. The zero-order valence-electron chi connectivity index (χ0n) is 21.3. The van der Waals surface area contributed by atoms with E-state index < -0.39 is 28.5 Å². The summed E-state index contributed by atoms with van der Waals surface area (Å²) in [6, 6.07) is 8.04. The standard InChI is InChI=1S/C25H36N6O4S/c1-4-19-6-8-21(9-7-19)36(35)15-5-10-29-11-13-30(14-12-29)16-20(32)17-31-24(33)22-23(26-18-27(22)2)28(3)25(31)34/h6-9,18,20,32H,4-5,10-17H2,1-3H3. The smallest absolute Gasteiger partial charge is 0.332 e. The second-order valence-corrected chi connectivity index (χ2v) is 11.1. The molecule has 4 rings (SSSR count). The second-order valence-electron chi connectivity index (χ2n) is 9.48. The third-order valence-corrected chi connectivity index (χ3v) is 8.38. The van der Waals surface area contributed by atoms with Gasteiger partial charge in [0.05, 0.1) is 19.0 Å². The van der Waals surface area contributed by atoms with Crippen molar-refractivity contribution in [1.82, 2.24) is 28.5 Å². The molecule has 1 aliphatic heterocycles. The molecule has 36 heavy (non-hydrogen) atoms. The summed E-state index contributed by atoms with van der Waals surface area (Å²) in [4.78, 5) is 35.1. The fraction of sp³-hybridized carbons (Fsp3) is 0.560. The zero-order valence-corrected chi connectivity index (χ0v) is 22.1. The number of fused-ring (bicyclic) bond motifs is 1. The van der Waals surface area contributed by atoms with Crippen LogP contribution in [0.3, 0.4) is 0 Å². The molecular formula is C25H36N6O4S. The van der Waals surface area contributed by atoms with E-state index in [1.807, 2.05) is 24.3 Å². The predicted octanol–water partition coefficient (Wildman–Crippen LogP) is 0.173. The van der Waals surface area contributed by atoms with Crippen LogP contribution in [0.5, 0.6) is 0 Å². The van der Waals surface area contributed by atoms with Crippen LogP contribution in [0.1, 0.15) is 18.9 Å². The van der Waals surface area contributed by atoms with Gasteiger partial charge in [-0.15, -0.1) is 0 Å². The number of benzene rings is 1. The van der Waals surface area contributed by atoms with Crippen molar-refractivity contribution in [3.8, 4) is 0 Å². The van der Waals surface area contributed by atoms with Gasteiger partial charge in [-0.3, -0.25) is 18.8 Å². The van der Waals surface area contributed by atoms with E-state index in [1.165, 1.54) is 16.5 Å². The molecule has 2 aromatic heterocycles. The van der Waals surface area contributed by atoms with E-state index in [-0.39, 0.29) is 6.54 Å². The highest BCUT2D eigenvalue weighted by Gasteiger charge is 2.22. The Morgan fingerprint density at radius 2 is 1.72 bits per heavy atom. The van der Waals surface area contributed by atoms with Crippen LogP contribution in [0.25, 0.3) is 11.2 Å². The van der Waals surface area contributed by atoms with Gasteiger partial charge in [0.25, 0.3) is 5.56 Å². The van der Waals surface area contributed by atoms with Gasteiger partial charge in [0.1, 0.15) is 5.75 Å². The first-order valence-electron chi connectivity index (χ1n) is 12.5. The monoisotopic (exact) mass is 516 g/mol. The summed E-state index contributed by atoms with van der Waals surface area (Å²) in [5, 5.41) is 10.7. The largest absolute Gasteiger partial charge is 0.611 e. The fourth-order valence-corrected chi connectivity index (χ4v) is 5.80. The minimum Gasteiger partial charge on any atom is -0.611 e. The minimum atomic E-state index is -0.977. The van der Waals surface area contributed by atoms with Crippen LogP contribution in [0.15, 0.2) is 45.1 Å². The first-order valence-corrected chi connectivity index (χ1v) is 13.8. The number of hydrogen-bond acceptors (Lipinski definition) is 7. The van der Waals surface area contributed by atoms with Gasteiger partial charge < -0.3 is 19.1 Å². The molecule has 0 amide bonds. The third-order valence-electron chi connectivity index (χ3n) is 6.93. The van der Waals surface area contributed by atoms with E-state index in [0.29, 0.717) is 23.5 Å². The van der Waals surface area contributed by atoms with Crippen LogP contribution in [-0.2, 0) is 38.2 Å². The highest BCUT2D eigenvalue weighted by atomic mass is 32.2. The lowest BCUT2D eigenvalue weighted by Gasteiger charge is -2.35. The number of imidazole rings is 1. The van der Waals surface area contributed by atoms with Crippen LogP contribution >= 0.6 is 0 Å². The second kappa shape index (κ2) is 11.7. The molecule has 2 atom stereocenters. The van der Waals surface area contributed by atoms with E-state index in [1.54, 1.807) is 18.7 Å². The molecule has 1 aliphatic rings. The Balaban J connectivity index is 1.23. The summed E-state index contributed by atoms with van der Waals surface area (Å²) in [5.41, 5.74) is 1.02. The molecule has 1 N–H and O–H groups in total. The normalized spacial score (nSPS) is 17.0. The third kappa shape index (κ3) is 5.92. The van der Waals surface area contributed by atoms with Crippen molar-refractivity contribution in [2.45, 2.75) is 37.3 Å². The van der Waals surface area contributed by atoms with Gasteiger partial charge in [-0.1, -0.05) is 19.1 Å². The van der Waals surface area contributed by atoms with E-state index in [2.05, 4.69) is 21.7 Å². The van der Waals surface area contributed by atoms with Crippen molar-refractivity contribution >= 4 is 22.3 Å². The van der Waals surface area contributed by atoms with Crippen LogP contribution in [-0.4, -0.2) is 89.3 Å². The number of aliphatic hydroxyl groups is 1. The summed E-state index contributed by atoms with van der Waals surface area (Å²) in [6.45, 7) is 6.67. The number of aromatic nitrogens is 4. The Labute approximate surface area is 214 Å². The Kier molecular flexibility index (Phi) is 8.68. The zero-order chi connectivity index (χ0) is 25.8. The van der Waals surface area contributed by atoms with Crippen LogP contribution in [0.4, 0.5) is 0 Å². The Morgan fingerprint density at radius 1 is 1.06 bits per heavy atom. The summed E-state index contributed by atoms with van der Waals surface area (Å²) in [6.07, 6.45) is 2.52. The fourth-order valence-electron chi connectivity index (χ4n) is 4.73. The molecule has 1 aromatic carbocycles. The molecule has 10 nitrogen and oxygen atoms in total. The lowest BCUT2D eigenvalue weighted by Crippen LogP contribution is -2.50. The van der Waals surface area contributed by atoms with Crippen molar-refractivity contribution in [3.05, 3.63) is 57.0 Å². The van der Waals surface area contributed by atoms with E-state index in [4.69, 9.17) is 0 Å².